The van der Waals surface area contributed by atoms with E-state index in [0.29, 0.717) is 22.9 Å². The molecule has 4 aromatic rings. The number of carbonyl (C=O) groups is 1. The summed E-state index contributed by atoms with van der Waals surface area (Å²) in [5.74, 6) is 1.21. The number of nitrogens with zero attached hydrogens (tertiary/aromatic N) is 4. The predicted molar refractivity (Wildman–Crippen MR) is 152 cm³/mol. The van der Waals surface area contributed by atoms with Crippen molar-refractivity contribution in [2.24, 2.45) is 0 Å². The number of halogens is 1. The predicted octanol–water partition coefficient (Wildman–Crippen LogP) is 5.41. The van der Waals surface area contributed by atoms with E-state index in [1.165, 1.54) is 13.2 Å². The van der Waals surface area contributed by atoms with Gasteiger partial charge in [-0.3, -0.25) is 4.90 Å². The van der Waals surface area contributed by atoms with Gasteiger partial charge in [-0.1, -0.05) is 18.2 Å². The lowest BCUT2D eigenvalue weighted by Gasteiger charge is -2.32. The molecule has 8 nitrogen and oxygen atoms in total. The molecule has 2 aliphatic heterocycles. The summed E-state index contributed by atoms with van der Waals surface area (Å²) in [6.45, 7) is 6.08. The van der Waals surface area contributed by atoms with Crippen LogP contribution in [-0.4, -0.2) is 58.3 Å². The summed E-state index contributed by atoms with van der Waals surface area (Å²) in [5.41, 5.74) is 4.73. The highest BCUT2D eigenvalue weighted by atomic mass is 19.1. The zero-order chi connectivity index (χ0) is 28.3. The van der Waals surface area contributed by atoms with E-state index >= 15 is 0 Å². The van der Waals surface area contributed by atoms with Crippen LogP contribution in [-0.2, 0) is 29.2 Å². The van der Waals surface area contributed by atoms with E-state index in [-0.39, 0.29) is 24.5 Å². The number of carbonyl (C=O) groups excluding carboxylic acids is 1. The first kappa shape index (κ1) is 27.4. The number of aryl methyl sites for hydroxylation is 1. The number of pyridine rings is 1. The second-order valence-corrected chi connectivity index (χ2v) is 10.9. The topological polar surface area (TPSA) is 78.7 Å². The number of hydrogen-bond donors (Lipinski definition) is 0. The summed E-state index contributed by atoms with van der Waals surface area (Å²) < 4.78 is 32.9. The van der Waals surface area contributed by atoms with Gasteiger partial charge in [0.15, 0.2) is 0 Å². The van der Waals surface area contributed by atoms with Crippen molar-refractivity contribution in [1.82, 2.24) is 19.4 Å². The van der Waals surface area contributed by atoms with Gasteiger partial charge >= 0.3 is 5.97 Å². The van der Waals surface area contributed by atoms with Crippen molar-refractivity contribution in [3.05, 3.63) is 88.6 Å². The second kappa shape index (κ2) is 12.0. The Labute approximate surface area is 239 Å². The van der Waals surface area contributed by atoms with Crippen LogP contribution in [0.2, 0.25) is 0 Å². The number of esters is 1. The van der Waals surface area contributed by atoms with Gasteiger partial charge in [-0.15, -0.1) is 0 Å². The Morgan fingerprint density at radius 2 is 1.90 bits per heavy atom. The highest BCUT2D eigenvalue weighted by Gasteiger charge is 2.26. The molecule has 4 heterocycles. The fourth-order valence-corrected chi connectivity index (χ4v) is 5.62. The SMILES string of the molecule is COC(=O)c1ccc2nc(CN3CCC(c4cccc(OCc5ccc(C)cc5F)n4)CC3)n(C[C@@H]3CCO3)c2c1. The number of piperidine rings is 1. The van der Waals surface area contributed by atoms with E-state index in [2.05, 4.69) is 15.5 Å². The van der Waals surface area contributed by atoms with E-state index in [4.69, 9.17) is 24.2 Å². The lowest BCUT2D eigenvalue weighted by Crippen LogP contribution is -2.35. The van der Waals surface area contributed by atoms with E-state index in [1.54, 1.807) is 12.1 Å². The standard InChI is InChI=1S/C32H35FN4O4/c1-21-6-7-24(26(33)16-21)20-41-31-5-3-4-27(35-31)22-10-13-36(14-11-22)19-30-34-28-9-8-23(32(38)39-2)17-29(28)37(30)18-25-12-15-40-25/h3-9,16-17,22,25H,10-15,18-20H2,1-2H3/t25-/m0/s1. The van der Waals surface area contributed by atoms with Crippen molar-refractivity contribution in [2.45, 2.75) is 57.9 Å². The first-order chi connectivity index (χ1) is 20.0. The molecule has 0 amide bonds. The molecule has 0 spiro atoms. The molecule has 0 saturated carbocycles. The maximum Gasteiger partial charge on any atom is 0.337 e. The molecular weight excluding hydrogens is 523 g/mol. The Kier molecular flexibility index (Phi) is 7.98. The maximum atomic E-state index is 14.2. The van der Waals surface area contributed by atoms with Gasteiger partial charge in [0.25, 0.3) is 0 Å². The Morgan fingerprint density at radius 1 is 1.07 bits per heavy atom. The molecule has 2 saturated heterocycles. The molecule has 2 fully saturated rings. The van der Waals surface area contributed by atoms with E-state index in [1.807, 2.05) is 37.3 Å². The molecule has 0 radical (unpaired) electrons. The Balaban J connectivity index is 1.11. The van der Waals surface area contributed by atoms with Gasteiger partial charge in [-0.2, -0.15) is 0 Å². The zero-order valence-corrected chi connectivity index (χ0v) is 23.5. The number of methoxy groups -OCH3 is 1. The van der Waals surface area contributed by atoms with Gasteiger partial charge in [0, 0.05) is 29.8 Å². The van der Waals surface area contributed by atoms with E-state index < -0.39 is 0 Å². The summed E-state index contributed by atoms with van der Waals surface area (Å²) in [5, 5.41) is 0. The maximum absolute atomic E-state index is 14.2. The fraction of sp³-hybridized carbons (Fsp3) is 0.406. The van der Waals surface area contributed by atoms with Crippen molar-refractivity contribution < 1.29 is 23.4 Å². The van der Waals surface area contributed by atoms with E-state index in [0.717, 1.165) is 80.2 Å². The smallest absolute Gasteiger partial charge is 0.337 e. The molecule has 2 aromatic heterocycles. The molecule has 0 aliphatic carbocycles. The molecule has 2 aliphatic rings. The highest BCUT2D eigenvalue weighted by molar-refractivity contribution is 5.93. The monoisotopic (exact) mass is 558 g/mol. The lowest BCUT2D eigenvalue weighted by molar-refractivity contribution is -0.0592. The number of likely N-dealkylation sites (tertiary alicyclic amines) is 1. The van der Waals surface area contributed by atoms with Gasteiger partial charge in [0.2, 0.25) is 5.88 Å². The van der Waals surface area contributed by atoms with Gasteiger partial charge in [0.1, 0.15) is 18.2 Å². The highest BCUT2D eigenvalue weighted by Crippen LogP contribution is 2.30. The van der Waals surface area contributed by atoms with Crippen molar-refractivity contribution in [3.63, 3.8) is 0 Å². The molecule has 0 N–H and O–H groups in total. The Hall–Kier alpha value is -3.82. The van der Waals surface area contributed by atoms with Crippen LogP contribution in [0.3, 0.4) is 0 Å². The number of aromatic nitrogens is 3. The number of fused-ring (bicyclic) bond motifs is 1. The minimum Gasteiger partial charge on any atom is -0.473 e. The largest absolute Gasteiger partial charge is 0.473 e. The first-order valence-corrected chi connectivity index (χ1v) is 14.2. The molecule has 2 aromatic carbocycles. The third kappa shape index (κ3) is 6.11. The van der Waals surface area contributed by atoms with E-state index in [9.17, 15) is 9.18 Å². The molecule has 0 unspecified atom stereocenters. The number of hydrogen-bond acceptors (Lipinski definition) is 7. The van der Waals surface area contributed by atoms with Crippen molar-refractivity contribution >= 4 is 17.0 Å². The third-order valence-corrected chi connectivity index (χ3v) is 8.13. The summed E-state index contributed by atoms with van der Waals surface area (Å²) in [4.78, 5) is 24.3. The van der Waals surface area contributed by atoms with Crippen LogP contribution < -0.4 is 4.74 Å². The summed E-state index contributed by atoms with van der Waals surface area (Å²) in [6.07, 6.45) is 3.14. The average Bonchev–Trinajstić information content (AvgIpc) is 3.30. The molecule has 1 atom stereocenters. The quantitative estimate of drug-likeness (QED) is 0.254. The van der Waals surface area contributed by atoms with Gasteiger partial charge in [0.05, 0.1) is 42.9 Å². The van der Waals surface area contributed by atoms with Gasteiger partial charge in [-0.25, -0.2) is 19.2 Å². The zero-order valence-electron chi connectivity index (χ0n) is 23.5. The molecule has 0 bridgehead atoms. The summed E-state index contributed by atoms with van der Waals surface area (Å²) in [6, 6.07) is 16.5. The van der Waals surface area contributed by atoms with Crippen molar-refractivity contribution in [3.8, 4) is 5.88 Å². The average molecular weight is 559 g/mol. The van der Waals surface area contributed by atoms with Crippen LogP contribution >= 0.6 is 0 Å². The molecular formula is C32H35FN4O4. The minimum absolute atomic E-state index is 0.148. The van der Waals surface area contributed by atoms with Crippen LogP contribution in [0.1, 0.15) is 58.2 Å². The summed E-state index contributed by atoms with van der Waals surface area (Å²) in [7, 11) is 1.40. The van der Waals surface area contributed by atoms with Gasteiger partial charge < -0.3 is 18.8 Å². The number of imidazole rings is 1. The van der Waals surface area contributed by atoms with Gasteiger partial charge in [-0.05, 0) is 75.2 Å². The van der Waals surface area contributed by atoms with Crippen LogP contribution in [0, 0.1) is 12.7 Å². The summed E-state index contributed by atoms with van der Waals surface area (Å²) >= 11 is 0. The van der Waals surface area contributed by atoms with Crippen molar-refractivity contribution in [1.29, 1.82) is 0 Å². The fourth-order valence-electron chi connectivity index (χ4n) is 5.62. The van der Waals surface area contributed by atoms with Crippen LogP contribution in [0.25, 0.3) is 11.0 Å². The van der Waals surface area contributed by atoms with Crippen LogP contribution in [0.4, 0.5) is 4.39 Å². The normalized spacial score (nSPS) is 17.9. The molecule has 6 rings (SSSR count). The Morgan fingerprint density at radius 3 is 2.63 bits per heavy atom. The van der Waals surface area contributed by atoms with Crippen LogP contribution in [0.5, 0.6) is 5.88 Å². The first-order valence-electron chi connectivity index (χ1n) is 14.2. The lowest BCUT2D eigenvalue weighted by atomic mass is 9.93. The third-order valence-electron chi connectivity index (χ3n) is 8.13. The number of benzene rings is 2. The Bertz CT molecular complexity index is 1540. The second-order valence-electron chi connectivity index (χ2n) is 10.9. The van der Waals surface area contributed by atoms with Crippen LogP contribution in [0.15, 0.2) is 54.6 Å². The molecule has 9 heteroatoms. The number of ether oxygens (including phenoxy) is 3. The molecule has 214 valence electrons. The minimum atomic E-state index is -0.353. The number of rotatable bonds is 9. The van der Waals surface area contributed by atoms with Crippen molar-refractivity contribution in [2.75, 3.05) is 26.8 Å². The molecule has 41 heavy (non-hydrogen) atoms.